The van der Waals surface area contributed by atoms with E-state index in [1.165, 1.54) is 12.8 Å². The first-order valence-electron chi connectivity index (χ1n) is 6.98. The van der Waals surface area contributed by atoms with Crippen LogP contribution in [0, 0.1) is 11.8 Å². The smallest absolute Gasteiger partial charge is 0.154 e. The third kappa shape index (κ3) is 3.02. The Morgan fingerprint density at radius 2 is 1.71 bits per heavy atom. The Bertz CT molecular complexity index is 344. The molecule has 1 aliphatic carbocycles. The summed E-state index contributed by atoms with van der Waals surface area (Å²) in [5, 5.41) is -0.255. The topological polar surface area (TPSA) is 60.2 Å². The Balaban J connectivity index is 2.01. The highest BCUT2D eigenvalue weighted by molar-refractivity contribution is 7.92. The molecule has 17 heavy (non-hydrogen) atoms. The Kier molecular flexibility index (Phi) is 4.14. The largest absolute Gasteiger partial charge is 0.326 e. The molecular weight excluding hydrogens is 234 g/mol. The fraction of sp³-hybridized carbons (Fsp3) is 1.00. The molecule has 0 bridgehead atoms. The molecule has 0 amide bonds. The van der Waals surface area contributed by atoms with Gasteiger partial charge in [0.1, 0.15) is 0 Å². The van der Waals surface area contributed by atoms with E-state index in [0.29, 0.717) is 11.7 Å². The molecule has 2 unspecified atom stereocenters. The summed E-state index contributed by atoms with van der Waals surface area (Å²) in [6.07, 6.45) is 7.31. The molecular formula is C13H25NO2S. The van der Waals surface area contributed by atoms with Crippen molar-refractivity contribution in [3.63, 3.8) is 0 Å². The average Bonchev–Trinajstić information content (AvgIpc) is 2.28. The number of hydrogen-bond acceptors (Lipinski definition) is 3. The summed E-state index contributed by atoms with van der Waals surface area (Å²) in [5.74, 6) is 1.58. The molecule has 1 heterocycles. The maximum Gasteiger partial charge on any atom is 0.154 e. The maximum absolute atomic E-state index is 12.1. The van der Waals surface area contributed by atoms with Gasteiger partial charge in [0.05, 0.1) is 11.0 Å². The summed E-state index contributed by atoms with van der Waals surface area (Å²) in [6.45, 7) is 2.28. The van der Waals surface area contributed by atoms with E-state index in [-0.39, 0.29) is 11.3 Å². The first kappa shape index (κ1) is 13.3. The minimum atomic E-state index is -2.91. The lowest BCUT2D eigenvalue weighted by Gasteiger charge is -2.36. The molecule has 0 aromatic rings. The van der Waals surface area contributed by atoms with E-state index in [9.17, 15) is 8.42 Å². The van der Waals surface area contributed by atoms with Gasteiger partial charge in [-0.05, 0) is 37.5 Å². The van der Waals surface area contributed by atoms with Gasteiger partial charge in [-0.1, -0.05) is 26.2 Å². The zero-order valence-electron chi connectivity index (χ0n) is 10.8. The molecule has 1 aliphatic heterocycles. The minimum Gasteiger partial charge on any atom is -0.326 e. The molecule has 0 spiro atoms. The second-order valence-electron chi connectivity index (χ2n) is 6.00. The van der Waals surface area contributed by atoms with E-state index in [4.69, 9.17) is 5.73 Å². The third-order valence-electron chi connectivity index (χ3n) is 4.66. The minimum absolute atomic E-state index is 0.118. The van der Waals surface area contributed by atoms with Crippen LogP contribution in [-0.4, -0.2) is 25.5 Å². The van der Waals surface area contributed by atoms with Crippen LogP contribution in [0.5, 0.6) is 0 Å². The van der Waals surface area contributed by atoms with Crippen LogP contribution in [0.1, 0.15) is 51.9 Å². The fourth-order valence-corrected chi connectivity index (χ4v) is 5.52. The Morgan fingerprint density at radius 1 is 1.06 bits per heavy atom. The highest BCUT2D eigenvalue weighted by Crippen LogP contribution is 2.34. The molecule has 2 aliphatic rings. The molecule has 2 N–H and O–H groups in total. The second kappa shape index (κ2) is 5.27. The molecule has 2 rings (SSSR count). The summed E-state index contributed by atoms with van der Waals surface area (Å²) in [7, 11) is -2.91. The highest BCUT2D eigenvalue weighted by Gasteiger charge is 2.38. The molecule has 0 aromatic carbocycles. The van der Waals surface area contributed by atoms with E-state index in [0.717, 1.165) is 38.0 Å². The number of hydrogen-bond donors (Lipinski definition) is 1. The van der Waals surface area contributed by atoms with Crippen molar-refractivity contribution in [2.24, 2.45) is 17.6 Å². The van der Waals surface area contributed by atoms with Crippen LogP contribution in [0.15, 0.2) is 0 Å². The van der Waals surface area contributed by atoms with Crippen molar-refractivity contribution in [3.8, 4) is 0 Å². The average molecular weight is 259 g/mol. The van der Waals surface area contributed by atoms with Crippen molar-refractivity contribution in [2.45, 2.75) is 63.2 Å². The first-order valence-corrected chi connectivity index (χ1v) is 8.69. The molecule has 1 saturated carbocycles. The van der Waals surface area contributed by atoms with Gasteiger partial charge in [-0.25, -0.2) is 8.42 Å². The summed E-state index contributed by atoms with van der Waals surface area (Å²) in [4.78, 5) is 0. The summed E-state index contributed by atoms with van der Waals surface area (Å²) >= 11 is 0. The van der Waals surface area contributed by atoms with Crippen molar-refractivity contribution in [2.75, 3.05) is 5.75 Å². The van der Waals surface area contributed by atoms with Gasteiger partial charge >= 0.3 is 0 Å². The Morgan fingerprint density at radius 3 is 2.29 bits per heavy atom. The highest BCUT2D eigenvalue weighted by atomic mass is 32.2. The Hall–Kier alpha value is -0.0900. The Labute approximate surface area is 105 Å². The van der Waals surface area contributed by atoms with Crippen LogP contribution in [0.25, 0.3) is 0 Å². The van der Waals surface area contributed by atoms with Crippen molar-refractivity contribution < 1.29 is 8.42 Å². The maximum atomic E-state index is 12.1. The van der Waals surface area contributed by atoms with Crippen LogP contribution < -0.4 is 5.73 Å². The van der Waals surface area contributed by atoms with Gasteiger partial charge in [0.15, 0.2) is 9.84 Å². The monoisotopic (exact) mass is 259 g/mol. The lowest BCUT2D eigenvalue weighted by atomic mass is 9.78. The zero-order chi connectivity index (χ0) is 12.5. The van der Waals surface area contributed by atoms with E-state index in [2.05, 4.69) is 6.92 Å². The van der Waals surface area contributed by atoms with Gasteiger partial charge in [0.2, 0.25) is 0 Å². The quantitative estimate of drug-likeness (QED) is 0.826. The predicted octanol–water partition coefficient (Wildman–Crippen LogP) is 2.11. The van der Waals surface area contributed by atoms with Crippen LogP contribution in [0.3, 0.4) is 0 Å². The zero-order valence-corrected chi connectivity index (χ0v) is 11.6. The van der Waals surface area contributed by atoms with Crippen molar-refractivity contribution in [3.05, 3.63) is 0 Å². The molecule has 4 heteroatoms. The molecule has 2 atom stereocenters. The van der Waals surface area contributed by atoms with Crippen molar-refractivity contribution in [1.29, 1.82) is 0 Å². The SMILES string of the molecule is CC1CCC(C(N)C2CCCCS2(=O)=O)CC1. The fourth-order valence-electron chi connectivity index (χ4n) is 3.39. The summed E-state index contributed by atoms with van der Waals surface area (Å²) in [6, 6.07) is -0.118. The second-order valence-corrected chi connectivity index (χ2v) is 8.34. The van der Waals surface area contributed by atoms with Crippen LogP contribution >= 0.6 is 0 Å². The molecule has 3 nitrogen and oxygen atoms in total. The lowest BCUT2D eigenvalue weighted by Crippen LogP contribution is -2.48. The van der Waals surface area contributed by atoms with E-state index in [1.807, 2.05) is 0 Å². The normalized spacial score (nSPS) is 39.8. The molecule has 100 valence electrons. The van der Waals surface area contributed by atoms with Gasteiger partial charge in [-0.15, -0.1) is 0 Å². The summed E-state index contributed by atoms with van der Waals surface area (Å²) < 4.78 is 24.1. The van der Waals surface area contributed by atoms with Crippen LogP contribution in [0.4, 0.5) is 0 Å². The van der Waals surface area contributed by atoms with Gasteiger partial charge < -0.3 is 5.73 Å². The van der Waals surface area contributed by atoms with Gasteiger partial charge in [0, 0.05) is 6.04 Å². The van der Waals surface area contributed by atoms with Crippen molar-refractivity contribution >= 4 is 9.84 Å². The number of nitrogens with two attached hydrogens (primary N) is 1. The third-order valence-corrected chi connectivity index (χ3v) is 6.99. The van der Waals surface area contributed by atoms with Crippen molar-refractivity contribution in [1.82, 2.24) is 0 Å². The first-order chi connectivity index (χ1) is 8.00. The van der Waals surface area contributed by atoms with Gasteiger partial charge in [-0.2, -0.15) is 0 Å². The lowest BCUT2D eigenvalue weighted by molar-refractivity contribution is 0.245. The van der Waals surface area contributed by atoms with E-state index >= 15 is 0 Å². The number of sulfone groups is 1. The standard InChI is InChI=1S/C13H25NO2S/c1-10-5-7-11(8-6-10)13(14)12-4-2-3-9-17(12,15)16/h10-13H,2-9,14H2,1H3. The van der Waals surface area contributed by atoms with E-state index in [1.54, 1.807) is 0 Å². The summed E-state index contributed by atoms with van der Waals surface area (Å²) in [5.41, 5.74) is 6.27. The predicted molar refractivity (Wildman–Crippen MR) is 70.5 cm³/mol. The van der Waals surface area contributed by atoms with Gasteiger partial charge in [-0.3, -0.25) is 0 Å². The van der Waals surface area contributed by atoms with Crippen LogP contribution in [0.2, 0.25) is 0 Å². The van der Waals surface area contributed by atoms with E-state index < -0.39 is 9.84 Å². The molecule has 2 fully saturated rings. The molecule has 1 saturated heterocycles. The molecule has 0 radical (unpaired) electrons. The van der Waals surface area contributed by atoms with Gasteiger partial charge in [0.25, 0.3) is 0 Å². The number of rotatable bonds is 2. The molecule has 0 aromatic heterocycles. The van der Waals surface area contributed by atoms with Crippen LogP contribution in [-0.2, 0) is 9.84 Å².